The van der Waals surface area contributed by atoms with Crippen LogP contribution in [0.1, 0.15) is 34.2 Å². The van der Waals surface area contributed by atoms with E-state index in [0.717, 1.165) is 33.1 Å². The highest BCUT2D eigenvalue weighted by Gasteiger charge is 2.25. The molecule has 1 aliphatic heterocycles. The molecule has 0 radical (unpaired) electrons. The fourth-order valence-electron chi connectivity index (χ4n) is 2.91. The minimum absolute atomic E-state index is 0.314. The van der Waals surface area contributed by atoms with Gasteiger partial charge in [0.05, 0.1) is 30.2 Å². The fourth-order valence-corrected chi connectivity index (χ4v) is 3.76. The Hall–Kier alpha value is -2.38. The highest BCUT2D eigenvalue weighted by Crippen LogP contribution is 2.29. The molecule has 7 heteroatoms. The van der Waals surface area contributed by atoms with Crippen LogP contribution in [-0.4, -0.2) is 27.8 Å². The average Bonchev–Trinajstić information content (AvgIpc) is 3.23. The maximum absolute atomic E-state index is 12.2. The van der Waals surface area contributed by atoms with Gasteiger partial charge in [-0.1, -0.05) is 0 Å². The predicted molar refractivity (Wildman–Crippen MR) is 100 cm³/mol. The van der Waals surface area contributed by atoms with Crippen LogP contribution in [0, 0.1) is 0 Å². The van der Waals surface area contributed by atoms with Crippen molar-refractivity contribution in [1.29, 1.82) is 0 Å². The van der Waals surface area contributed by atoms with Gasteiger partial charge >= 0.3 is 5.97 Å². The van der Waals surface area contributed by atoms with Gasteiger partial charge in [-0.25, -0.2) is 9.78 Å². The summed E-state index contributed by atoms with van der Waals surface area (Å²) in [6.45, 7) is 2.45. The molecule has 1 aromatic carbocycles. The molecule has 3 heterocycles. The van der Waals surface area contributed by atoms with Gasteiger partial charge in [-0.05, 0) is 36.6 Å². The van der Waals surface area contributed by atoms with Crippen LogP contribution in [0.25, 0.3) is 5.69 Å². The number of hydrogen-bond donors (Lipinski definition) is 1. The highest BCUT2D eigenvalue weighted by molar-refractivity contribution is 7.80. The maximum atomic E-state index is 12.2. The summed E-state index contributed by atoms with van der Waals surface area (Å²) in [5, 5.41) is 4.10. The van der Waals surface area contributed by atoms with E-state index in [9.17, 15) is 4.79 Å². The number of thiophene rings is 1. The quantitative estimate of drug-likeness (QED) is 0.565. The number of rotatable bonds is 3. The molecule has 0 amide bonds. The van der Waals surface area contributed by atoms with Crippen molar-refractivity contribution in [3.8, 4) is 5.69 Å². The number of imidazole rings is 1. The maximum Gasteiger partial charge on any atom is 0.358 e. The van der Waals surface area contributed by atoms with Gasteiger partial charge in [0, 0.05) is 21.4 Å². The van der Waals surface area contributed by atoms with Crippen molar-refractivity contribution in [1.82, 2.24) is 9.55 Å². The normalized spacial score (nSPS) is 12.8. The summed E-state index contributed by atoms with van der Waals surface area (Å²) in [5.74, 6) is -0.419. The molecule has 126 valence electrons. The molecule has 0 saturated heterocycles. The van der Waals surface area contributed by atoms with E-state index in [2.05, 4.69) is 23.0 Å². The van der Waals surface area contributed by atoms with E-state index in [1.165, 1.54) is 0 Å². The Kier molecular flexibility index (Phi) is 4.19. The molecule has 0 N–H and O–H groups in total. The zero-order valence-electron chi connectivity index (χ0n) is 13.5. The van der Waals surface area contributed by atoms with Crippen LogP contribution in [0.5, 0.6) is 0 Å². The third kappa shape index (κ3) is 2.79. The Morgan fingerprint density at radius 2 is 2.28 bits per heavy atom. The molecule has 1 aliphatic rings. The van der Waals surface area contributed by atoms with E-state index in [1.54, 1.807) is 24.6 Å². The van der Waals surface area contributed by atoms with E-state index in [0.29, 0.717) is 18.8 Å². The Balaban J connectivity index is 1.92. The number of thiol groups is 1. The van der Waals surface area contributed by atoms with Gasteiger partial charge in [-0.3, -0.25) is 9.56 Å². The van der Waals surface area contributed by atoms with Crippen LogP contribution in [0.4, 0.5) is 0 Å². The van der Waals surface area contributed by atoms with Gasteiger partial charge in [0.25, 0.3) is 0 Å². The molecule has 0 atom stereocenters. The zero-order chi connectivity index (χ0) is 17.4. The first-order valence-electron chi connectivity index (χ1n) is 7.83. The predicted octanol–water partition coefficient (Wildman–Crippen LogP) is 3.75. The number of esters is 1. The number of benzene rings is 1. The van der Waals surface area contributed by atoms with Gasteiger partial charge in [0.15, 0.2) is 5.69 Å². The summed E-state index contributed by atoms with van der Waals surface area (Å²) in [6.07, 6.45) is 1.66. The number of fused-ring (bicyclic) bond motifs is 3. The second-order valence-corrected chi connectivity index (χ2v) is 6.81. The Bertz CT molecular complexity index is 974. The molecule has 0 spiro atoms. The number of nitrogens with zero attached hydrogens (tertiary/aromatic N) is 3. The molecule has 5 nitrogen and oxygen atoms in total. The molecule has 0 unspecified atom stereocenters. The van der Waals surface area contributed by atoms with Crippen molar-refractivity contribution >= 4 is 35.6 Å². The summed E-state index contributed by atoms with van der Waals surface area (Å²) in [7, 11) is 0. The van der Waals surface area contributed by atoms with Crippen molar-refractivity contribution in [2.75, 3.05) is 6.61 Å². The molecule has 0 aliphatic carbocycles. The van der Waals surface area contributed by atoms with E-state index >= 15 is 0 Å². The zero-order valence-corrected chi connectivity index (χ0v) is 15.2. The summed E-state index contributed by atoms with van der Waals surface area (Å²) >= 11 is 6.10. The van der Waals surface area contributed by atoms with E-state index in [1.807, 2.05) is 34.2 Å². The van der Waals surface area contributed by atoms with Gasteiger partial charge in [-0.2, -0.15) is 11.3 Å². The van der Waals surface area contributed by atoms with Crippen LogP contribution < -0.4 is 0 Å². The first-order chi connectivity index (χ1) is 12.2. The summed E-state index contributed by atoms with van der Waals surface area (Å²) in [6, 6.07) is 7.94. The van der Waals surface area contributed by atoms with Gasteiger partial charge in [0.1, 0.15) is 6.33 Å². The Labute approximate surface area is 154 Å². The summed E-state index contributed by atoms with van der Waals surface area (Å²) in [4.78, 5) is 22.1. The van der Waals surface area contributed by atoms with Crippen molar-refractivity contribution in [2.24, 2.45) is 4.99 Å². The minimum atomic E-state index is -0.419. The third-order valence-electron chi connectivity index (χ3n) is 4.01. The van der Waals surface area contributed by atoms with E-state index in [4.69, 9.17) is 9.73 Å². The number of aromatic nitrogens is 2. The number of aliphatic imine (C=N–C) groups is 1. The monoisotopic (exact) mass is 369 g/mol. The van der Waals surface area contributed by atoms with Crippen LogP contribution >= 0.6 is 24.0 Å². The molecular formula is C18H15N3O2S2. The smallest absolute Gasteiger partial charge is 0.358 e. The lowest BCUT2D eigenvalue weighted by Gasteiger charge is -2.11. The van der Waals surface area contributed by atoms with Crippen LogP contribution in [0.15, 0.2) is 51.2 Å². The highest BCUT2D eigenvalue weighted by atomic mass is 32.1. The molecular weight excluding hydrogens is 354 g/mol. The van der Waals surface area contributed by atoms with Crippen LogP contribution in [-0.2, 0) is 11.3 Å². The summed E-state index contributed by atoms with van der Waals surface area (Å²) in [5.41, 5.74) is 4.90. The number of carbonyl (C=O) groups is 1. The molecule has 25 heavy (non-hydrogen) atoms. The first-order valence-corrected chi connectivity index (χ1v) is 9.22. The number of carbonyl (C=O) groups excluding carboxylic acids is 1. The van der Waals surface area contributed by atoms with Crippen molar-refractivity contribution in [3.05, 3.63) is 63.9 Å². The van der Waals surface area contributed by atoms with Gasteiger partial charge < -0.3 is 4.74 Å². The molecule has 0 saturated carbocycles. The molecule has 2 aromatic heterocycles. The lowest BCUT2D eigenvalue weighted by Crippen LogP contribution is -2.09. The van der Waals surface area contributed by atoms with Crippen molar-refractivity contribution in [2.45, 2.75) is 18.4 Å². The largest absolute Gasteiger partial charge is 0.461 e. The van der Waals surface area contributed by atoms with E-state index in [-0.39, 0.29) is 0 Å². The SMILES string of the molecule is CCOC(=O)c1ncn2c1CN=C(c1ccsc1)c1cc(S)ccc1-2. The second kappa shape index (κ2) is 6.50. The second-order valence-electron chi connectivity index (χ2n) is 5.51. The Morgan fingerprint density at radius 1 is 1.40 bits per heavy atom. The third-order valence-corrected chi connectivity index (χ3v) is 4.97. The van der Waals surface area contributed by atoms with Gasteiger partial charge in [-0.15, -0.1) is 12.6 Å². The lowest BCUT2D eigenvalue weighted by atomic mass is 10.0. The average molecular weight is 369 g/mol. The first kappa shape index (κ1) is 16.1. The molecule has 0 fully saturated rings. The lowest BCUT2D eigenvalue weighted by molar-refractivity contribution is 0.0518. The van der Waals surface area contributed by atoms with Crippen LogP contribution in [0.2, 0.25) is 0 Å². The topological polar surface area (TPSA) is 56.5 Å². The molecule has 4 rings (SSSR count). The number of hydrogen-bond acceptors (Lipinski definition) is 6. The van der Waals surface area contributed by atoms with Crippen LogP contribution in [0.3, 0.4) is 0 Å². The van der Waals surface area contributed by atoms with Crippen molar-refractivity contribution in [3.63, 3.8) is 0 Å². The Morgan fingerprint density at radius 3 is 3.04 bits per heavy atom. The van der Waals surface area contributed by atoms with Gasteiger partial charge in [0.2, 0.25) is 0 Å². The standard InChI is InChI=1S/C18H15N3O2S2/c1-2-23-18(22)17-15-8-19-16(11-5-6-25-9-11)13-7-12(24)3-4-14(13)21(15)10-20-17/h3-7,9-10,24H,2,8H2,1H3. The molecule has 3 aromatic rings. The summed E-state index contributed by atoms with van der Waals surface area (Å²) < 4.78 is 7.04. The number of ether oxygens (including phenoxy) is 1. The molecule has 0 bridgehead atoms. The van der Waals surface area contributed by atoms with Crippen molar-refractivity contribution < 1.29 is 9.53 Å². The van der Waals surface area contributed by atoms with E-state index < -0.39 is 5.97 Å². The minimum Gasteiger partial charge on any atom is -0.461 e. The fraction of sp³-hybridized carbons (Fsp3) is 0.167.